The van der Waals surface area contributed by atoms with Gasteiger partial charge in [0.1, 0.15) is 6.33 Å². The van der Waals surface area contributed by atoms with E-state index in [-0.39, 0.29) is 12.8 Å². The van der Waals surface area contributed by atoms with Gasteiger partial charge in [-0.1, -0.05) is 54.6 Å². The summed E-state index contributed by atoms with van der Waals surface area (Å²) < 4.78 is 29.0. The minimum absolute atomic E-state index is 0.342. The Hall–Kier alpha value is -4.57. The molecule has 7 rings (SSSR count). The SMILES string of the molecule is NC1(c2ccc(-c3nc4ccc5nnc(-c6nc[nH]n6)n5c4cc3-c3ccccc3)cc2)CC(F)(F)C1. The molecule has 10 heteroatoms. The van der Waals surface area contributed by atoms with Crippen LogP contribution in [0.1, 0.15) is 18.4 Å². The molecule has 4 heterocycles. The zero-order chi connectivity index (χ0) is 25.2. The number of rotatable bonds is 4. The van der Waals surface area contributed by atoms with Crippen molar-refractivity contribution in [1.82, 2.24) is 34.8 Å². The molecule has 0 saturated heterocycles. The standard InChI is InChI=1S/C27H20F2N8/c28-27(29)13-26(30,14-27)18-8-6-17(7-9-18)23-19(16-4-2-1-3-5-16)12-21-20(33-23)10-11-22-34-36-25(37(21)22)24-31-15-32-35-24/h1-12,15H,13-14,30H2,(H,31,32,35). The predicted octanol–water partition coefficient (Wildman–Crippen LogP) is 4.98. The lowest BCUT2D eigenvalue weighted by molar-refractivity contribution is -0.125. The van der Waals surface area contributed by atoms with Crippen molar-refractivity contribution in [1.29, 1.82) is 0 Å². The Morgan fingerprint density at radius 2 is 1.68 bits per heavy atom. The molecule has 6 aromatic rings. The first-order valence-corrected chi connectivity index (χ1v) is 11.8. The van der Waals surface area contributed by atoms with Gasteiger partial charge in [0.25, 0.3) is 5.92 Å². The highest BCUT2D eigenvalue weighted by Crippen LogP contribution is 2.50. The average molecular weight is 495 g/mol. The van der Waals surface area contributed by atoms with Crippen LogP contribution in [0.3, 0.4) is 0 Å². The van der Waals surface area contributed by atoms with E-state index in [1.807, 2.05) is 71.1 Å². The number of nitrogens with one attached hydrogen (secondary N) is 1. The third-order valence-electron chi connectivity index (χ3n) is 6.93. The molecule has 0 spiro atoms. The molecule has 1 saturated carbocycles. The summed E-state index contributed by atoms with van der Waals surface area (Å²) in [5, 5.41) is 15.5. The lowest BCUT2D eigenvalue weighted by atomic mass is 9.70. The van der Waals surface area contributed by atoms with Gasteiger partial charge in [-0.05, 0) is 29.3 Å². The van der Waals surface area contributed by atoms with Crippen LogP contribution in [0, 0.1) is 0 Å². The molecular weight excluding hydrogens is 474 g/mol. The summed E-state index contributed by atoms with van der Waals surface area (Å²) in [6.45, 7) is 0. The maximum atomic E-state index is 13.5. The zero-order valence-electron chi connectivity index (χ0n) is 19.4. The zero-order valence-corrected chi connectivity index (χ0v) is 19.4. The molecule has 0 unspecified atom stereocenters. The molecule has 37 heavy (non-hydrogen) atoms. The number of halogens is 2. The highest BCUT2D eigenvalue weighted by atomic mass is 19.3. The molecule has 182 valence electrons. The van der Waals surface area contributed by atoms with Gasteiger partial charge < -0.3 is 5.73 Å². The third-order valence-corrected chi connectivity index (χ3v) is 6.93. The van der Waals surface area contributed by atoms with Gasteiger partial charge in [0.05, 0.1) is 22.3 Å². The molecule has 3 N–H and O–H groups in total. The van der Waals surface area contributed by atoms with Crippen LogP contribution in [-0.2, 0) is 5.54 Å². The summed E-state index contributed by atoms with van der Waals surface area (Å²) in [5.41, 5.74) is 11.7. The molecule has 0 radical (unpaired) electrons. The number of benzene rings is 2. The number of fused-ring (bicyclic) bond motifs is 3. The topological polar surface area (TPSA) is 111 Å². The summed E-state index contributed by atoms with van der Waals surface area (Å²) in [5.74, 6) is -1.77. The Morgan fingerprint density at radius 1 is 0.892 bits per heavy atom. The summed E-state index contributed by atoms with van der Waals surface area (Å²) in [4.78, 5) is 9.29. The van der Waals surface area contributed by atoms with E-state index in [0.717, 1.165) is 33.4 Å². The van der Waals surface area contributed by atoms with Crippen molar-refractivity contribution in [3.63, 3.8) is 0 Å². The minimum atomic E-state index is -2.70. The molecule has 0 amide bonds. The number of aromatic nitrogens is 7. The van der Waals surface area contributed by atoms with Crippen molar-refractivity contribution in [3.05, 3.63) is 84.7 Å². The highest BCUT2D eigenvalue weighted by molar-refractivity contribution is 5.91. The number of nitrogens with zero attached hydrogens (tertiary/aromatic N) is 6. The number of pyridine rings is 2. The molecule has 1 aliphatic rings. The maximum absolute atomic E-state index is 13.5. The van der Waals surface area contributed by atoms with E-state index in [4.69, 9.17) is 10.7 Å². The first-order chi connectivity index (χ1) is 17.9. The fourth-order valence-electron chi connectivity index (χ4n) is 5.17. The molecule has 2 aromatic carbocycles. The third kappa shape index (κ3) is 3.48. The van der Waals surface area contributed by atoms with Crippen LogP contribution < -0.4 is 5.73 Å². The van der Waals surface area contributed by atoms with Crippen LogP contribution in [0.4, 0.5) is 8.78 Å². The number of hydrogen-bond acceptors (Lipinski definition) is 6. The normalized spacial score (nSPS) is 16.2. The molecule has 4 aromatic heterocycles. The van der Waals surface area contributed by atoms with Gasteiger partial charge in [0.2, 0.25) is 11.6 Å². The molecule has 0 bridgehead atoms. The quantitative estimate of drug-likeness (QED) is 0.358. The second-order valence-corrected chi connectivity index (χ2v) is 9.47. The lowest BCUT2D eigenvalue weighted by Gasteiger charge is -2.44. The van der Waals surface area contributed by atoms with Crippen LogP contribution >= 0.6 is 0 Å². The molecule has 0 atom stereocenters. The van der Waals surface area contributed by atoms with Crippen LogP contribution in [-0.4, -0.2) is 40.7 Å². The summed E-state index contributed by atoms with van der Waals surface area (Å²) in [6.07, 6.45) is 0.809. The fraction of sp³-hybridized carbons (Fsp3) is 0.148. The van der Waals surface area contributed by atoms with E-state index < -0.39 is 11.5 Å². The number of H-pyrrole nitrogens is 1. The minimum Gasteiger partial charge on any atom is -0.321 e. The monoisotopic (exact) mass is 494 g/mol. The van der Waals surface area contributed by atoms with Gasteiger partial charge in [0, 0.05) is 24.0 Å². The molecule has 8 nitrogen and oxygen atoms in total. The summed E-state index contributed by atoms with van der Waals surface area (Å²) in [7, 11) is 0. The van der Waals surface area contributed by atoms with Crippen molar-refractivity contribution in [3.8, 4) is 34.0 Å². The average Bonchev–Trinajstić information content (AvgIpc) is 3.57. The van der Waals surface area contributed by atoms with E-state index in [9.17, 15) is 8.78 Å². The van der Waals surface area contributed by atoms with Crippen LogP contribution in [0.5, 0.6) is 0 Å². The first kappa shape index (κ1) is 21.7. The molecule has 1 fully saturated rings. The van der Waals surface area contributed by atoms with Crippen molar-refractivity contribution in [2.24, 2.45) is 5.73 Å². The van der Waals surface area contributed by atoms with E-state index in [1.165, 1.54) is 6.33 Å². The van der Waals surface area contributed by atoms with Gasteiger partial charge in [0.15, 0.2) is 5.65 Å². The fourth-order valence-corrected chi connectivity index (χ4v) is 5.17. The first-order valence-electron chi connectivity index (χ1n) is 11.8. The largest absolute Gasteiger partial charge is 0.321 e. The Balaban J connectivity index is 1.42. The molecule has 0 aliphatic heterocycles. The lowest BCUT2D eigenvalue weighted by Crippen LogP contribution is -2.55. The van der Waals surface area contributed by atoms with Crippen LogP contribution in [0.25, 0.3) is 50.7 Å². The number of hydrogen-bond donors (Lipinski definition) is 2. The Labute approximate surface area is 209 Å². The number of nitrogens with two attached hydrogens (primary N) is 1. The van der Waals surface area contributed by atoms with Gasteiger partial charge in [-0.15, -0.1) is 10.2 Å². The summed E-state index contributed by atoms with van der Waals surface area (Å²) >= 11 is 0. The van der Waals surface area contributed by atoms with Gasteiger partial charge in [-0.2, -0.15) is 5.10 Å². The number of aromatic amines is 1. The Kier molecular flexibility index (Phi) is 4.52. The highest BCUT2D eigenvalue weighted by Gasteiger charge is 2.55. The predicted molar refractivity (Wildman–Crippen MR) is 135 cm³/mol. The van der Waals surface area contributed by atoms with E-state index >= 15 is 0 Å². The number of alkyl halides is 2. The van der Waals surface area contributed by atoms with Crippen molar-refractivity contribution in [2.45, 2.75) is 24.3 Å². The Bertz CT molecular complexity index is 1750. The van der Waals surface area contributed by atoms with Gasteiger partial charge >= 0.3 is 0 Å². The van der Waals surface area contributed by atoms with Crippen LogP contribution in [0.2, 0.25) is 0 Å². The van der Waals surface area contributed by atoms with E-state index in [0.29, 0.717) is 22.9 Å². The smallest absolute Gasteiger partial charge is 0.252 e. The van der Waals surface area contributed by atoms with E-state index in [2.05, 4.69) is 31.4 Å². The van der Waals surface area contributed by atoms with Crippen molar-refractivity contribution in [2.75, 3.05) is 0 Å². The van der Waals surface area contributed by atoms with Gasteiger partial charge in [-0.3, -0.25) is 9.50 Å². The van der Waals surface area contributed by atoms with Crippen LogP contribution in [0.15, 0.2) is 79.1 Å². The Morgan fingerprint density at radius 3 is 2.38 bits per heavy atom. The molecular formula is C27H20F2N8. The molecule has 1 aliphatic carbocycles. The van der Waals surface area contributed by atoms with Crippen molar-refractivity contribution >= 4 is 16.7 Å². The summed E-state index contributed by atoms with van der Waals surface area (Å²) in [6, 6.07) is 23.2. The van der Waals surface area contributed by atoms with Crippen molar-refractivity contribution < 1.29 is 8.78 Å². The van der Waals surface area contributed by atoms with Gasteiger partial charge in [-0.25, -0.2) is 18.7 Å². The second-order valence-electron chi connectivity index (χ2n) is 9.47. The second kappa shape index (κ2) is 7.71. The van der Waals surface area contributed by atoms with E-state index in [1.54, 1.807) is 0 Å². The maximum Gasteiger partial charge on any atom is 0.252 e.